The van der Waals surface area contributed by atoms with Gasteiger partial charge in [0.25, 0.3) is 0 Å². The molecule has 0 saturated heterocycles. The third-order valence-electron chi connectivity index (χ3n) is 3.36. The van der Waals surface area contributed by atoms with Gasteiger partial charge in [-0.2, -0.15) is 0 Å². The molecule has 92 valence electrons. The Labute approximate surface area is 108 Å². The van der Waals surface area contributed by atoms with Crippen molar-refractivity contribution in [2.24, 2.45) is 0 Å². The fourth-order valence-electron chi connectivity index (χ4n) is 2.09. The molecular weight excluding hydrogens is 220 g/mol. The summed E-state index contributed by atoms with van der Waals surface area (Å²) in [6.45, 7) is 3.01. The second-order valence-electron chi connectivity index (χ2n) is 5.04. The first kappa shape index (κ1) is 11.4. The summed E-state index contributed by atoms with van der Waals surface area (Å²) in [7, 11) is 0. The van der Waals surface area contributed by atoms with Gasteiger partial charge in [-0.25, -0.2) is 0 Å². The van der Waals surface area contributed by atoms with Crippen molar-refractivity contribution < 1.29 is 0 Å². The van der Waals surface area contributed by atoms with Crippen LogP contribution in [0.5, 0.6) is 0 Å². The molecule has 2 aromatic rings. The van der Waals surface area contributed by atoms with E-state index in [0.29, 0.717) is 0 Å². The van der Waals surface area contributed by atoms with Crippen LogP contribution < -0.4 is 5.32 Å². The minimum Gasteiger partial charge on any atom is -0.310 e. The summed E-state index contributed by atoms with van der Waals surface area (Å²) in [5, 5.41) is 3.53. The van der Waals surface area contributed by atoms with Gasteiger partial charge in [0, 0.05) is 24.5 Å². The lowest BCUT2D eigenvalue weighted by Gasteiger charge is -2.06. The Morgan fingerprint density at radius 1 is 1.11 bits per heavy atom. The average Bonchev–Trinajstić information content (AvgIpc) is 3.21. The first-order valence-electron chi connectivity index (χ1n) is 6.56. The summed E-state index contributed by atoms with van der Waals surface area (Å²) in [5.41, 5.74) is 4.92. The number of pyridine rings is 1. The Bertz CT molecular complexity index is 527. The van der Waals surface area contributed by atoms with Gasteiger partial charge in [-0.15, -0.1) is 0 Å². The van der Waals surface area contributed by atoms with Gasteiger partial charge in [0.1, 0.15) is 0 Å². The summed E-state index contributed by atoms with van der Waals surface area (Å²) in [4.78, 5) is 4.23. The zero-order valence-corrected chi connectivity index (χ0v) is 10.7. The molecule has 0 radical (unpaired) electrons. The van der Waals surface area contributed by atoms with Gasteiger partial charge in [0.05, 0.1) is 0 Å². The van der Waals surface area contributed by atoms with Crippen LogP contribution in [0.15, 0.2) is 42.6 Å². The van der Waals surface area contributed by atoms with Crippen LogP contribution in [-0.4, -0.2) is 11.0 Å². The predicted molar refractivity (Wildman–Crippen MR) is 74.3 cm³/mol. The summed E-state index contributed by atoms with van der Waals surface area (Å²) >= 11 is 0. The third-order valence-corrected chi connectivity index (χ3v) is 3.36. The van der Waals surface area contributed by atoms with Crippen LogP contribution in [0, 0.1) is 6.92 Å². The van der Waals surface area contributed by atoms with Crippen LogP contribution >= 0.6 is 0 Å². The molecule has 0 amide bonds. The molecule has 2 nitrogen and oxygen atoms in total. The van der Waals surface area contributed by atoms with Gasteiger partial charge in [-0.05, 0) is 48.6 Å². The van der Waals surface area contributed by atoms with E-state index in [2.05, 4.69) is 46.7 Å². The smallest absolute Gasteiger partial charge is 0.0378 e. The second kappa shape index (κ2) is 4.91. The van der Waals surface area contributed by atoms with E-state index in [1.807, 2.05) is 13.1 Å². The first-order valence-corrected chi connectivity index (χ1v) is 6.56. The van der Waals surface area contributed by atoms with E-state index < -0.39 is 0 Å². The van der Waals surface area contributed by atoms with Crippen molar-refractivity contribution in [2.45, 2.75) is 32.4 Å². The van der Waals surface area contributed by atoms with Gasteiger partial charge in [-0.3, -0.25) is 4.98 Å². The largest absolute Gasteiger partial charge is 0.310 e. The molecule has 1 aromatic carbocycles. The topological polar surface area (TPSA) is 24.9 Å². The fourth-order valence-corrected chi connectivity index (χ4v) is 2.09. The molecule has 0 aliphatic heterocycles. The Morgan fingerprint density at radius 3 is 2.56 bits per heavy atom. The molecule has 1 aliphatic rings. The highest BCUT2D eigenvalue weighted by Crippen LogP contribution is 2.21. The second-order valence-corrected chi connectivity index (χ2v) is 5.04. The number of nitrogens with one attached hydrogen (secondary N) is 1. The fraction of sp³-hybridized carbons (Fsp3) is 0.312. The molecule has 0 unspecified atom stereocenters. The monoisotopic (exact) mass is 238 g/mol. The predicted octanol–water partition coefficient (Wildman–Crippen LogP) is 3.31. The van der Waals surface area contributed by atoms with Crippen molar-refractivity contribution in [3.05, 3.63) is 53.9 Å². The van der Waals surface area contributed by atoms with Crippen LogP contribution in [0.25, 0.3) is 11.1 Å². The maximum absolute atomic E-state index is 4.23. The molecular formula is C16H18N2. The number of aryl methyl sites for hydroxylation is 1. The minimum absolute atomic E-state index is 0.771. The quantitative estimate of drug-likeness (QED) is 0.884. The van der Waals surface area contributed by atoms with Gasteiger partial charge in [0.15, 0.2) is 0 Å². The summed E-state index contributed by atoms with van der Waals surface area (Å²) in [6, 6.07) is 13.8. The third kappa shape index (κ3) is 2.77. The van der Waals surface area contributed by atoms with E-state index in [4.69, 9.17) is 0 Å². The van der Waals surface area contributed by atoms with Crippen molar-refractivity contribution in [3.8, 4) is 11.1 Å². The summed E-state index contributed by atoms with van der Waals surface area (Å²) in [5.74, 6) is 0. The van der Waals surface area contributed by atoms with E-state index in [0.717, 1.165) is 18.3 Å². The summed E-state index contributed by atoms with van der Waals surface area (Å²) in [6.07, 6.45) is 4.55. The average molecular weight is 238 g/mol. The zero-order chi connectivity index (χ0) is 12.4. The van der Waals surface area contributed by atoms with E-state index in [1.54, 1.807) is 0 Å². The van der Waals surface area contributed by atoms with Crippen LogP contribution in [0.3, 0.4) is 0 Å². The lowest BCUT2D eigenvalue weighted by Crippen LogP contribution is -2.14. The van der Waals surface area contributed by atoms with Crippen molar-refractivity contribution in [2.75, 3.05) is 0 Å². The van der Waals surface area contributed by atoms with Gasteiger partial charge < -0.3 is 5.32 Å². The lowest BCUT2D eigenvalue weighted by atomic mass is 10.0. The van der Waals surface area contributed by atoms with Crippen LogP contribution in [0.1, 0.15) is 24.1 Å². The number of benzene rings is 1. The standard InChI is InChI=1S/C16H18N2/c1-12-10-15(8-9-17-12)14-4-2-13(3-5-14)11-18-16-6-7-16/h2-5,8-10,16,18H,6-7,11H2,1H3. The Hall–Kier alpha value is -1.67. The molecule has 3 rings (SSSR count). The number of hydrogen-bond acceptors (Lipinski definition) is 2. The number of aromatic nitrogens is 1. The van der Waals surface area contributed by atoms with Crippen molar-refractivity contribution in [1.82, 2.24) is 10.3 Å². The summed E-state index contributed by atoms with van der Waals surface area (Å²) < 4.78 is 0. The number of hydrogen-bond donors (Lipinski definition) is 1. The van der Waals surface area contributed by atoms with Crippen molar-refractivity contribution >= 4 is 0 Å². The Kier molecular flexibility index (Phi) is 3.11. The molecule has 1 N–H and O–H groups in total. The minimum atomic E-state index is 0.771. The molecule has 18 heavy (non-hydrogen) atoms. The van der Waals surface area contributed by atoms with Gasteiger partial charge in [0.2, 0.25) is 0 Å². The molecule has 0 bridgehead atoms. The first-order chi connectivity index (χ1) is 8.81. The van der Waals surface area contributed by atoms with Gasteiger partial charge >= 0.3 is 0 Å². The highest BCUT2D eigenvalue weighted by molar-refractivity contribution is 5.63. The molecule has 1 aliphatic carbocycles. The van der Waals surface area contributed by atoms with Crippen LogP contribution in [-0.2, 0) is 6.54 Å². The Morgan fingerprint density at radius 2 is 1.89 bits per heavy atom. The van der Waals surface area contributed by atoms with Crippen LogP contribution in [0.2, 0.25) is 0 Å². The molecule has 1 aromatic heterocycles. The zero-order valence-electron chi connectivity index (χ0n) is 10.7. The van der Waals surface area contributed by atoms with E-state index in [-0.39, 0.29) is 0 Å². The molecule has 1 saturated carbocycles. The van der Waals surface area contributed by atoms with Crippen LogP contribution in [0.4, 0.5) is 0 Å². The Balaban J connectivity index is 1.73. The maximum atomic E-state index is 4.23. The molecule has 0 spiro atoms. The van der Waals surface area contributed by atoms with Crippen molar-refractivity contribution in [1.29, 1.82) is 0 Å². The van der Waals surface area contributed by atoms with E-state index in [1.165, 1.54) is 29.5 Å². The molecule has 1 heterocycles. The van der Waals surface area contributed by atoms with E-state index >= 15 is 0 Å². The maximum Gasteiger partial charge on any atom is 0.0378 e. The molecule has 2 heteroatoms. The normalized spacial score (nSPS) is 14.7. The highest BCUT2D eigenvalue weighted by atomic mass is 14.9. The van der Waals surface area contributed by atoms with Crippen molar-refractivity contribution in [3.63, 3.8) is 0 Å². The van der Waals surface area contributed by atoms with Gasteiger partial charge in [-0.1, -0.05) is 24.3 Å². The van der Waals surface area contributed by atoms with E-state index in [9.17, 15) is 0 Å². The highest BCUT2D eigenvalue weighted by Gasteiger charge is 2.19. The number of nitrogens with zero attached hydrogens (tertiary/aromatic N) is 1. The number of rotatable bonds is 4. The lowest BCUT2D eigenvalue weighted by molar-refractivity contribution is 0.688. The molecule has 1 fully saturated rings. The molecule has 0 atom stereocenters. The SMILES string of the molecule is Cc1cc(-c2ccc(CNC3CC3)cc2)ccn1.